The van der Waals surface area contributed by atoms with Crippen LogP contribution in [-0.2, 0) is 11.3 Å². The van der Waals surface area contributed by atoms with Crippen LogP contribution in [0.3, 0.4) is 0 Å². The SMILES string of the molecule is COc1ccc(CNC[C@@H]2CC(=O)N(C)[C@H]2c2ccncc2)cc1. The molecule has 1 aliphatic rings. The van der Waals surface area contributed by atoms with Crippen LogP contribution in [0.4, 0.5) is 0 Å². The Hall–Kier alpha value is -2.40. The predicted molar refractivity (Wildman–Crippen MR) is 92.6 cm³/mol. The summed E-state index contributed by atoms with van der Waals surface area (Å²) in [5.41, 5.74) is 2.35. The predicted octanol–water partition coefficient (Wildman–Crippen LogP) is 2.40. The lowest BCUT2D eigenvalue weighted by atomic mass is 9.94. The molecule has 1 aromatic carbocycles. The molecule has 24 heavy (non-hydrogen) atoms. The van der Waals surface area contributed by atoms with Gasteiger partial charge in [-0.2, -0.15) is 0 Å². The van der Waals surface area contributed by atoms with Crippen LogP contribution in [0, 0.1) is 5.92 Å². The normalized spacial score (nSPS) is 20.4. The lowest BCUT2D eigenvalue weighted by molar-refractivity contribution is -0.127. The van der Waals surface area contributed by atoms with Gasteiger partial charge in [0.2, 0.25) is 5.91 Å². The highest BCUT2D eigenvalue weighted by Gasteiger charge is 2.37. The number of methoxy groups -OCH3 is 1. The van der Waals surface area contributed by atoms with Crippen LogP contribution in [-0.4, -0.2) is 36.5 Å². The van der Waals surface area contributed by atoms with Gasteiger partial charge in [-0.05, 0) is 35.4 Å². The van der Waals surface area contributed by atoms with E-state index in [1.807, 2.05) is 36.2 Å². The van der Waals surface area contributed by atoms with Gasteiger partial charge < -0.3 is 15.0 Å². The minimum absolute atomic E-state index is 0.115. The highest BCUT2D eigenvalue weighted by atomic mass is 16.5. The van der Waals surface area contributed by atoms with E-state index in [4.69, 9.17) is 4.74 Å². The Balaban J connectivity index is 1.61. The van der Waals surface area contributed by atoms with Gasteiger partial charge in [0, 0.05) is 44.9 Å². The second kappa shape index (κ2) is 7.45. The summed E-state index contributed by atoms with van der Waals surface area (Å²) in [6, 6.07) is 12.1. The minimum atomic E-state index is 0.115. The molecule has 5 nitrogen and oxygen atoms in total. The number of benzene rings is 1. The fourth-order valence-electron chi connectivity index (χ4n) is 3.34. The highest BCUT2D eigenvalue weighted by molar-refractivity contribution is 5.79. The second-order valence-electron chi connectivity index (χ2n) is 6.17. The number of carbonyl (C=O) groups excluding carboxylic acids is 1. The monoisotopic (exact) mass is 325 g/mol. The van der Waals surface area contributed by atoms with Crippen molar-refractivity contribution in [2.45, 2.75) is 19.0 Å². The van der Waals surface area contributed by atoms with Crippen LogP contribution in [0.5, 0.6) is 5.75 Å². The van der Waals surface area contributed by atoms with Gasteiger partial charge in [0.1, 0.15) is 5.75 Å². The van der Waals surface area contributed by atoms with E-state index in [0.717, 1.165) is 24.4 Å². The molecule has 1 aliphatic heterocycles. The van der Waals surface area contributed by atoms with Crippen molar-refractivity contribution in [2.24, 2.45) is 5.92 Å². The van der Waals surface area contributed by atoms with E-state index in [9.17, 15) is 4.79 Å². The smallest absolute Gasteiger partial charge is 0.223 e. The number of amides is 1. The van der Waals surface area contributed by atoms with E-state index in [-0.39, 0.29) is 17.9 Å². The molecule has 2 aromatic rings. The van der Waals surface area contributed by atoms with Crippen LogP contribution in [0.25, 0.3) is 0 Å². The summed E-state index contributed by atoms with van der Waals surface area (Å²) in [5, 5.41) is 3.49. The summed E-state index contributed by atoms with van der Waals surface area (Å²) in [6.07, 6.45) is 4.15. The van der Waals surface area contributed by atoms with E-state index in [1.54, 1.807) is 19.5 Å². The molecule has 0 aliphatic carbocycles. The maximum atomic E-state index is 12.1. The van der Waals surface area contributed by atoms with Gasteiger partial charge in [0.15, 0.2) is 0 Å². The standard InChI is InChI=1S/C19H23N3O2/c1-22-18(23)11-16(19(22)15-7-9-20-10-8-15)13-21-12-14-3-5-17(24-2)6-4-14/h3-10,16,19,21H,11-13H2,1-2H3/t16-,19-/m0/s1. The number of nitrogens with one attached hydrogen (secondary N) is 1. The Morgan fingerprint density at radius 3 is 2.58 bits per heavy atom. The number of aromatic nitrogens is 1. The lowest BCUT2D eigenvalue weighted by Crippen LogP contribution is -2.29. The van der Waals surface area contributed by atoms with Crippen molar-refractivity contribution in [3.8, 4) is 5.75 Å². The first-order chi connectivity index (χ1) is 11.7. The molecule has 0 saturated carbocycles. The zero-order valence-electron chi connectivity index (χ0n) is 14.1. The van der Waals surface area contributed by atoms with Gasteiger partial charge in [-0.3, -0.25) is 9.78 Å². The third kappa shape index (κ3) is 3.57. The fourth-order valence-corrected chi connectivity index (χ4v) is 3.34. The average molecular weight is 325 g/mol. The average Bonchev–Trinajstić information content (AvgIpc) is 2.90. The van der Waals surface area contributed by atoms with Crippen LogP contribution < -0.4 is 10.1 Å². The summed E-state index contributed by atoms with van der Waals surface area (Å²) in [4.78, 5) is 18.1. The van der Waals surface area contributed by atoms with Gasteiger partial charge in [-0.1, -0.05) is 12.1 Å². The number of carbonyl (C=O) groups is 1. The van der Waals surface area contributed by atoms with Crippen molar-refractivity contribution in [1.82, 2.24) is 15.2 Å². The minimum Gasteiger partial charge on any atom is -0.497 e. The number of nitrogens with zero attached hydrogens (tertiary/aromatic N) is 2. The molecule has 126 valence electrons. The summed E-state index contributed by atoms with van der Waals surface area (Å²) in [5.74, 6) is 1.33. The molecule has 3 rings (SSSR count). The first-order valence-corrected chi connectivity index (χ1v) is 8.18. The fraction of sp³-hybridized carbons (Fsp3) is 0.368. The van der Waals surface area contributed by atoms with Gasteiger partial charge >= 0.3 is 0 Å². The van der Waals surface area contributed by atoms with Gasteiger partial charge in [-0.25, -0.2) is 0 Å². The topological polar surface area (TPSA) is 54.5 Å². The molecule has 0 radical (unpaired) electrons. The zero-order chi connectivity index (χ0) is 16.9. The molecule has 2 heterocycles. The summed E-state index contributed by atoms with van der Waals surface area (Å²) < 4.78 is 5.17. The molecular formula is C19H23N3O2. The number of ether oxygens (including phenoxy) is 1. The maximum Gasteiger partial charge on any atom is 0.223 e. The largest absolute Gasteiger partial charge is 0.497 e. The highest BCUT2D eigenvalue weighted by Crippen LogP contribution is 2.36. The Morgan fingerprint density at radius 1 is 1.21 bits per heavy atom. The van der Waals surface area contributed by atoms with Crippen molar-refractivity contribution in [2.75, 3.05) is 20.7 Å². The number of hydrogen-bond donors (Lipinski definition) is 1. The van der Waals surface area contributed by atoms with Crippen LogP contribution in [0.1, 0.15) is 23.6 Å². The van der Waals surface area contributed by atoms with E-state index in [1.165, 1.54) is 5.56 Å². The molecule has 0 spiro atoms. The number of rotatable bonds is 6. The molecule has 1 aromatic heterocycles. The molecule has 1 N–H and O–H groups in total. The van der Waals surface area contributed by atoms with Crippen LogP contribution in [0.2, 0.25) is 0 Å². The second-order valence-corrected chi connectivity index (χ2v) is 6.17. The van der Waals surface area contributed by atoms with E-state index >= 15 is 0 Å². The van der Waals surface area contributed by atoms with E-state index < -0.39 is 0 Å². The zero-order valence-corrected chi connectivity index (χ0v) is 14.1. The van der Waals surface area contributed by atoms with E-state index in [2.05, 4.69) is 22.4 Å². The third-order valence-corrected chi connectivity index (χ3v) is 4.64. The summed E-state index contributed by atoms with van der Waals surface area (Å²) in [7, 11) is 3.55. The first kappa shape index (κ1) is 16.5. The van der Waals surface area contributed by atoms with Crippen LogP contribution in [0.15, 0.2) is 48.8 Å². The Labute approximate surface area is 142 Å². The van der Waals surface area contributed by atoms with E-state index in [0.29, 0.717) is 6.42 Å². The quantitative estimate of drug-likeness (QED) is 0.886. The molecular weight excluding hydrogens is 302 g/mol. The van der Waals surface area contributed by atoms with Crippen LogP contribution >= 0.6 is 0 Å². The molecule has 5 heteroatoms. The van der Waals surface area contributed by atoms with Crippen molar-refractivity contribution in [3.63, 3.8) is 0 Å². The molecule has 1 amide bonds. The molecule has 2 atom stereocenters. The Bertz CT molecular complexity index is 673. The molecule has 0 unspecified atom stereocenters. The summed E-state index contributed by atoms with van der Waals surface area (Å²) >= 11 is 0. The number of pyridine rings is 1. The van der Waals surface area contributed by atoms with Gasteiger partial charge in [0.25, 0.3) is 0 Å². The summed E-state index contributed by atoms with van der Waals surface area (Å²) in [6.45, 7) is 1.58. The Kier molecular flexibility index (Phi) is 5.11. The van der Waals surface area contributed by atoms with Gasteiger partial charge in [0.05, 0.1) is 13.2 Å². The number of likely N-dealkylation sites (tertiary alicyclic amines) is 1. The Morgan fingerprint density at radius 2 is 1.92 bits per heavy atom. The lowest BCUT2D eigenvalue weighted by Gasteiger charge is -2.25. The maximum absolute atomic E-state index is 12.1. The van der Waals surface area contributed by atoms with Crippen molar-refractivity contribution in [3.05, 3.63) is 59.9 Å². The molecule has 1 fully saturated rings. The molecule has 0 bridgehead atoms. The van der Waals surface area contributed by atoms with Crippen molar-refractivity contribution in [1.29, 1.82) is 0 Å². The third-order valence-electron chi connectivity index (χ3n) is 4.64. The van der Waals surface area contributed by atoms with Gasteiger partial charge in [-0.15, -0.1) is 0 Å². The molecule has 1 saturated heterocycles. The first-order valence-electron chi connectivity index (χ1n) is 8.18. The number of hydrogen-bond acceptors (Lipinski definition) is 4. The van der Waals surface area contributed by atoms with Crippen molar-refractivity contribution >= 4 is 5.91 Å². The van der Waals surface area contributed by atoms with Crippen molar-refractivity contribution < 1.29 is 9.53 Å².